The van der Waals surface area contributed by atoms with Crippen molar-refractivity contribution in [2.45, 2.75) is 72.6 Å². The molecule has 0 atom stereocenters. The third-order valence-electron chi connectivity index (χ3n) is 5.52. The van der Waals surface area contributed by atoms with Crippen molar-refractivity contribution in [1.29, 1.82) is 0 Å². The van der Waals surface area contributed by atoms with Gasteiger partial charge in [-0.3, -0.25) is 4.79 Å². The highest BCUT2D eigenvalue weighted by Gasteiger charge is 2.31. The van der Waals surface area contributed by atoms with Crippen molar-refractivity contribution in [3.05, 3.63) is 46.5 Å². The Morgan fingerprint density at radius 2 is 1.69 bits per heavy atom. The van der Waals surface area contributed by atoms with Gasteiger partial charge >= 0.3 is 0 Å². The standard InChI is InChI=1S/C26H36N4OS/c1-7-9-16-29(17-10-8-2)25-27-23(26(4,5)6)22(32-25)18-21-19(3)28-30(24(21)31)20-14-12-11-13-15-20/h11-15,18H,7-10,16-17H2,1-6H3/b21-18-. The number of thiazole rings is 1. The maximum atomic E-state index is 13.2. The average Bonchev–Trinajstić information content (AvgIpc) is 3.31. The lowest BCUT2D eigenvalue weighted by atomic mass is 9.91. The topological polar surface area (TPSA) is 48.8 Å². The Kier molecular flexibility index (Phi) is 7.88. The minimum Gasteiger partial charge on any atom is -0.348 e. The van der Waals surface area contributed by atoms with Crippen LogP contribution >= 0.6 is 11.3 Å². The lowest BCUT2D eigenvalue weighted by Crippen LogP contribution is -2.25. The maximum Gasteiger partial charge on any atom is 0.280 e. The molecule has 6 heteroatoms. The van der Waals surface area contributed by atoms with E-state index in [0.29, 0.717) is 5.57 Å². The predicted molar refractivity (Wildman–Crippen MR) is 138 cm³/mol. The van der Waals surface area contributed by atoms with Crippen LogP contribution in [0.25, 0.3) is 6.08 Å². The number of anilines is 2. The van der Waals surface area contributed by atoms with Crippen LogP contribution in [-0.4, -0.2) is 29.7 Å². The van der Waals surface area contributed by atoms with Crippen molar-refractivity contribution in [3.63, 3.8) is 0 Å². The van der Waals surface area contributed by atoms with Gasteiger partial charge < -0.3 is 4.90 Å². The molecule has 0 bridgehead atoms. The Balaban J connectivity index is 1.98. The van der Waals surface area contributed by atoms with Gasteiger partial charge in [0, 0.05) is 18.5 Å². The monoisotopic (exact) mass is 452 g/mol. The second-order valence-electron chi connectivity index (χ2n) is 9.35. The Morgan fingerprint density at radius 1 is 1.06 bits per heavy atom. The van der Waals surface area contributed by atoms with Gasteiger partial charge in [0.15, 0.2) is 5.13 Å². The van der Waals surface area contributed by atoms with Crippen molar-refractivity contribution >= 4 is 39.9 Å². The normalized spacial score (nSPS) is 15.6. The van der Waals surface area contributed by atoms with E-state index < -0.39 is 0 Å². The van der Waals surface area contributed by atoms with Crippen LogP contribution in [-0.2, 0) is 10.2 Å². The summed E-state index contributed by atoms with van der Waals surface area (Å²) < 4.78 is 0. The first-order chi connectivity index (χ1) is 15.3. The maximum absolute atomic E-state index is 13.2. The van der Waals surface area contributed by atoms with E-state index >= 15 is 0 Å². The molecule has 0 fully saturated rings. The molecule has 0 radical (unpaired) electrons. The van der Waals surface area contributed by atoms with Crippen LogP contribution in [0, 0.1) is 0 Å². The molecule has 32 heavy (non-hydrogen) atoms. The summed E-state index contributed by atoms with van der Waals surface area (Å²) in [4.78, 5) is 21.8. The summed E-state index contributed by atoms with van der Waals surface area (Å²) >= 11 is 1.70. The number of hydrogen-bond acceptors (Lipinski definition) is 5. The van der Waals surface area contributed by atoms with Crippen LogP contribution < -0.4 is 9.91 Å². The first-order valence-corrected chi connectivity index (χ1v) is 12.5. The van der Waals surface area contributed by atoms with Crippen molar-refractivity contribution < 1.29 is 4.79 Å². The molecule has 1 aromatic heterocycles. The van der Waals surface area contributed by atoms with Crippen molar-refractivity contribution in [2.24, 2.45) is 5.10 Å². The van der Waals surface area contributed by atoms with Crippen LogP contribution in [0.5, 0.6) is 0 Å². The van der Waals surface area contributed by atoms with E-state index in [1.54, 1.807) is 11.3 Å². The number of rotatable bonds is 9. The molecule has 172 valence electrons. The fourth-order valence-electron chi connectivity index (χ4n) is 3.65. The number of para-hydroxylation sites is 1. The Bertz CT molecular complexity index is 977. The summed E-state index contributed by atoms with van der Waals surface area (Å²) in [7, 11) is 0. The Labute approximate surface area is 196 Å². The second-order valence-corrected chi connectivity index (χ2v) is 10.4. The summed E-state index contributed by atoms with van der Waals surface area (Å²) in [5.74, 6) is -0.0858. The molecular formula is C26H36N4OS. The van der Waals surface area contributed by atoms with Crippen LogP contribution in [0.4, 0.5) is 10.8 Å². The quantitative estimate of drug-likeness (QED) is 0.400. The first-order valence-electron chi connectivity index (χ1n) is 11.7. The van der Waals surface area contributed by atoms with Gasteiger partial charge in [-0.2, -0.15) is 10.1 Å². The number of carbonyl (C=O) groups excluding carboxylic acids is 1. The van der Waals surface area contributed by atoms with E-state index in [-0.39, 0.29) is 11.3 Å². The van der Waals surface area contributed by atoms with Crippen LogP contribution in [0.1, 0.15) is 77.8 Å². The summed E-state index contributed by atoms with van der Waals surface area (Å²) in [6.45, 7) is 14.9. The lowest BCUT2D eigenvalue weighted by Gasteiger charge is -2.22. The molecular weight excluding hydrogens is 416 g/mol. The summed E-state index contributed by atoms with van der Waals surface area (Å²) in [6, 6.07) is 9.59. The molecule has 0 aliphatic carbocycles. The Morgan fingerprint density at radius 3 is 2.25 bits per heavy atom. The molecule has 3 rings (SSSR count). The van der Waals surface area contributed by atoms with E-state index in [0.717, 1.165) is 65.9 Å². The van der Waals surface area contributed by atoms with E-state index in [1.807, 2.05) is 43.3 Å². The smallest absolute Gasteiger partial charge is 0.280 e. The molecule has 0 saturated heterocycles. The number of nitrogens with zero attached hydrogens (tertiary/aromatic N) is 4. The number of carbonyl (C=O) groups is 1. The third kappa shape index (κ3) is 5.47. The fraction of sp³-hybridized carbons (Fsp3) is 0.500. The van der Waals surface area contributed by atoms with E-state index in [4.69, 9.17) is 4.98 Å². The zero-order valence-electron chi connectivity index (χ0n) is 20.3. The van der Waals surface area contributed by atoms with Gasteiger partial charge in [0.25, 0.3) is 5.91 Å². The highest BCUT2D eigenvalue weighted by Crippen LogP contribution is 2.37. The second kappa shape index (κ2) is 10.4. The number of hydrogen-bond donors (Lipinski definition) is 0. The van der Waals surface area contributed by atoms with Gasteiger partial charge in [-0.1, -0.05) is 77.0 Å². The first kappa shape index (κ1) is 24.2. The predicted octanol–water partition coefficient (Wildman–Crippen LogP) is 6.65. The minimum absolute atomic E-state index is 0.0858. The zero-order valence-corrected chi connectivity index (χ0v) is 21.1. The van der Waals surface area contributed by atoms with Gasteiger partial charge in [-0.05, 0) is 38.0 Å². The molecule has 0 unspecified atom stereocenters. The highest BCUT2D eigenvalue weighted by atomic mass is 32.1. The van der Waals surface area contributed by atoms with Gasteiger partial charge in [-0.15, -0.1) is 0 Å². The van der Waals surface area contributed by atoms with Crippen molar-refractivity contribution in [3.8, 4) is 0 Å². The van der Waals surface area contributed by atoms with E-state index in [2.05, 4.69) is 44.6 Å². The van der Waals surface area contributed by atoms with E-state index in [9.17, 15) is 4.79 Å². The summed E-state index contributed by atoms with van der Waals surface area (Å²) in [6.07, 6.45) is 6.64. The third-order valence-corrected chi connectivity index (χ3v) is 6.59. The SMILES string of the molecule is CCCCN(CCCC)c1nc(C(C)(C)C)c(/C=C2\C(=O)N(c3ccccc3)N=C2C)s1. The summed E-state index contributed by atoms with van der Waals surface area (Å²) in [5, 5.41) is 7.09. The average molecular weight is 453 g/mol. The zero-order chi connectivity index (χ0) is 23.3. The molecule has 0 N–H and O–H groups in total. The number of hydrazone groups is 1. The molecule has 0 saturated carbocycles. The van der Waals surface area contributed by atoms with Gasteiger partial charge in [-0.25, -0.2) is 4.98 Å². The highest BCUT2D eigenvalue weighted by molar-refractivity contribution is 7.16. The molecule has 0 spiro atoms. The Hall–Kier alpha value is -2.47. The van der Waals surface area contributed by atoms with Gasteiger partial charge in [0.1, 0.15) is 0 Å². The van der Waals surface area contributed by atoms with Crippen molar-refractivity contribution in [1.82, 2.24) is 4.98 Å². The van der Waals surface area contributed by atoms with E-state index in [1.165, 1.54) is 5.01 Å². The van der Waals surface area contributed by atoms with Crippen LogP contribution in [0.3, 0.4) is 0 Å². The molecule has 1 aliphatic rings. The molecule has 1 aromatic carbocycles. The van der Waals surface area contributed by atoms with Crippen molar-refractivity contribution in [2.75, 3.05) is 23.0 Å². The number of unbranched alkanes of at least 4 members (excludes halogenated alkanes) is 2. The molecule has 1 amide bonds. The van der Waals surface area contributed by atoms with Gasteiger partial charge in [0.05, 0.1) is 27.5 Å². The molecule has 1 aliphatic heterocycles. The van der Waals surface area contributed by atoms with Crippen LogP contribution in [0.15, 0.2) is 41.0 Å². The molecule has 2 aromatic rings. The van der Waals surface area contributed by atoms with Crippen LogP contribution in [0.2, 0.25) is 0 Å². The molecule has 2 heterocycles. The molecule has 5 nitrogen and oxygen atoms in total. The number of aromatic nitrogens is 1. The summed E-state index contributed by atoms with van der Waals surface area (Å²) in [5.41, 5.74) is 3.09. The lowest BCUT2D eigenvalue weighted by molar-refractivity contribution is -0.114. The number of amides is 1. The number of benzene rings is 1. The minimum atomic E-state index is -0.117. The van der Waals surface area contributed by atoms with Gasteiger partial charge in [0.2, 0.25) is 0 Å². The fourth-order valence-corrected chi connectivity index (χ4v) is 4.92. The largest absolute Gasteiger partial charge is 0.348 e.